The third-order valence-corrected chi connectivity index (χ3v) is 7.54. The Kier molecular flexibility index (Phi) is 5.87. The number of rotatable bonds is 6. The molecular formula is C20H21N5O3S2. The van der Waals surface area contributed by atoms with Crippen LogP contribution in [0.15, 0.2) is 53.9 Å². The quantitative estimate of drug-likeness (QED) is 0.581. The van der Waals surface area contributed by atoms with Gasteiger partial charge in [-0.15, -0.1) is 10.2 Å². The number of sulfone groups is 1. The summed E-state index contributed by atoms with van der Waals surface area (Å²) in [6.45, 7) is 2.00. The van der Waals surface area contributed by atoms with E-state index in [9.17, 15) is 13.2 Å². The first-order chi connectivity index (χ1) is 14.4. The van der Waals surface area contributed by atoms with Crippen LogP contribution in [0, 0.1) is 6.92 Å². The Hall–Kier alpha value is -2.72. The van der Waals surface area contributed by atoms with Gasteiger partial charge in [-0.2, -0.15) is 0 Å². The van der Waals surface area contributed by atoms with Gasteiger partial charge in [0.2, 0.25) is 5.91 Å². The standard InChI is InChI=1S/C20H21N5O3S2/c1-14-5-2-3-7-17(14)25-19(15-6-4-9-21-11-15)23-24-20(25)29-12-18(26)22-16-8-10-30(27,28)13-16/h2-7,9,11,16H,8,10,12-13H2,1H3,(H,22,26)/t16-/m0/s1. The van der Waals surface area contributed by atoms with Gasteiger partial charge < -0.3 is 5.32 Å². The molecule has 2 aromatic heterocycles. The predicted octanol–water partition coefficient (Wildman–Crippen LogP) is 2.03. The number of benzene rings is 1. The third-order valence-electron chi connectivity index (χ3n) is 4.84. The average Bonchev–Trinajstić information content (AvgIpc) is 3.30. The average molecular weight is 444 g/mol. The summed E-state index contributed by atoms with van der Waals surface area (Å²) in [5.41, 5.74) is 2.79. The number of carbonyl (C=O) groups is 1. The molecule has 4 rings (SSSR count). The summed E-state index contributed by atoms with van der Waals surface area (Å²) in [6, 6.07) is 11.3. The first kappa shape index (κ1) is 20.5. The van der Waals surface area contributed by atoms with Crippen molar-refractivity contribution in [1.29, 1.82) is 0 Å². The number of aryl methyl sites for hydroxylation is 1. The molecule has 1 fully saturated rings. The lowest BCUT2D eigenvalue weighted by Gasteiger charge is -2.13. The lowest BCUT2D eigenvalue weighted by molar-refractivity contribution is -0.119. The summed E-state index contributed by atoms with van der Waals surface area (Å²) in [7, 11) is -3.04. The van der Waals surface area contributed by atoms with E-state index in [1.807, 2.05) is 47.9 Å². The molecule has 0 saturated carbocycles. The van der Waals surface area contributed by atoms with Crippen molar-refractivity contribution in [1.82, 2.24) is 25.1 Å². The number of hydrogen-bond donors (Lipinski definition) is 1. The van der Waals surface area contributed by atoms with E-state index in [-0.39, 0.29) is 29.2 Å². The summed E-state index contributed by atoms with van der Waals surface area (Å²) in [4.78, 5) is 16.6. The van der Waals surface area contributed by atoms with Crippen LogP contribution < -0.4 is 5.32 Å². The molecule has 1 aromatic carbocycles. The predicted molar refractivity (Wildman–Crippen MR) is 115 cm³/mol. The maximum absolute atomic E-state index is 12.4. The van der Waals surface area contributed by atoms with E-state index in [1.54, 1.807) is 12.4 Å². The minimum atomic E-state index is -3.04. The maximum Gasteiger partial charge on any atom is 0.230 e. The number of carbonyl (C=O) groups excluding carboxylic acids is 1. The van der Waals surface area contributed by atoms with Crippen LogP contribution in [-0.4, -0.2) is 57.4 Å². The summed E-state index contributed by atoms with van der Waals surface area (Å²) in [5, 5.41) is 12.0. The molecule has 0 radical (unpaired) electrons. The molecule has 0 unspecified atom stereocenters. The highest BCUT2D eigenvalue weighted by molar-refractivity contribution is 7.99. The Labute approximate surface area is 179 Å². The Morgan fingerprint density at radius 3 is 2.77 bits per heavy atom. The van der Waals surface area contributed by atoms with Crippen molar-refractivity contribution in [3.63, 3.8) is 0 Å². The van der Waals surface area contributed by atoms with E-state index in [0.717, 1.165) is 16.8 Å². The molecule has 3 heterocycles. The van der Waals surface area contributed by atoms with Crippen LogP contribution in [0.1, 0.15) is 12.0 Å². The highest BCUT2D eigenvalue weighted by atomic mass is 32.2. The van der Waals surface area contributed by atoms with Crippen molar-refractivity contribution < 1.29 is 13.2 Å². The fraction of sp³-hybridized carbons (Fsp3) is 0.300. The van der Waals surface area contributed by atoms with Gasteiger partial charge in [0.05, 0.1) is 22.9 Å². The van der Waals surface area contributed by atoms with Gasteiger partial charge in [0, 0.05) is 24.0 Å². The molecule has 156 valence electrons. The number of nitrogens with one attached hydrogen (secondary N) is 1. The second kappa shape index (κ2) is 8.57. The SMILES string of the molecule is Cc1ccccc1-n1c(SCC(=O)N[C@H]2CCS(=O)(=O)C2)nnc1-c1cccnc1. The lowest BCUT2D eigenvalue weighted by atomic mass is 10.2. The van der Waals surface area contributed by atoms with E-state index in [2.05, 4.69) is 20.5 Å². The van der Waals surface area contributed by atoms with Gasteiger partial charge in [0.1, 0.15) is 0 Å². The molecule has 0 aliphatic carbocycles. The van der Waals surface area contributed by atoms with Crippen molar-refractivity contribution >= 4 is 27.5 Å². The highest BCUT2D eigenvalue weighted by Crippen LogP contribution is 2.29. The zero-order chi connectivity index (χ0) is 21.1. The second-order valence-electron chi connectivity index (χ2n) is 7.13. The van der Waals surface area contributed by atoms with Crippen LogP contribution in [0.2, 0.25) is 0 Å². The summed E-state index contributed by atoms with van der Waals surface area (Å²) >= 11 is 1.26. The number of thioether (sulfide) groups is 1. The largest absolute Gasteiger partial charge is 0.352 e. The second-order valence-corrected chi connectivity index (χ2v) is 10.3. The minimum Gasteiger partial charge on any atom is -0.352 e. The molecule has 1 aliphatic heterocycles. The molecule has 1 atom stereocenters. The van der Waals surface area contributed by atoms with Gasteiger partial charge in [-0.25, -0.2) is 8.42 Å². The Bertz CT molecular complexity index is 1160. The topological polar surface area (TPSA) is 107 Å². The summed E-state index contributed by atoms with van der Waals surface area (Å²) < 4.78 is 25.1. The van der Waals surface area contributed by atoms with Crippen molar-refractivity contribution in [3.05, 3.63) is 54.4 Å². The molecule has 1 saturated heterocycles. The van der Waals surface area contributed by atoms with Gasteiger partial charge in [-0.3, -0.25) is 14.3 Å². The molecule has 1 N–H and O–H groups in total. The highest BCUT2D eigenvalue weighted by Gasteiger charge is 2.29. The number of aromatic nitrogens is 4. The Morgan fingerprint density at radius 2 is 2.07 bits per heavy atom. The van der Waals surface area contributed by atoms with Gasteiger partial charge in [-0.1, -0.05) is 30.0 Å². The molecule has 3 aromatic rings. The van der Waals surface area contributed by atoms with E-state index in [0.29, 0.717) is 17.4 Å². The van der Waals surface area contributed by atoms with E-state index < -0.39 is 9.84 Å². The Balaban J connectivity index is 1.57. The van der Waals surface area contributed by atoms with Crippen LogP contribution in [-0.2, 0) is 14.6 Å². The van der Waals surface area contributed by atoms with Crippen molar-refractivity contribution in [2.45, 2.75) is 24.5 Å². The summed E-state index contributed by atoms with van der Waals surface area (Å²) in [5.74, 6) is 0.675. The zero-order valence-electron chi connectivity index (χ0n) is 16.4. The third kappa shape index (κ3) is 4.54. The normalized spacial score (nSPS) is 17.7. The van der Waals surface area contributed by atoms with Gasteiger partial charge in [0.15, 0.2) is 20.8 Å². The van der Waals surface area contributed by atoms with Crippen LogP contribution >= 0.6 is 11.8 Å². The molecule has 30 heavy (non-hydrogen) atoms. The maximum atomic E-state index is 12.4. The van der Waals surface area contributed by atoms with Crippen LogP contribution in [0.25, 0.3) is 17.1 Å². The minimum absolute atomic E-state index is 0.00789. The number of amides is 1. The molecular weight excluding hydrogens is 422 g/mol. The molecule has 10 heteroatoms. The molecule has 0 bridgehead atoms. The molecule has 8 nitrogen and oxygen atoms in total. The fourth-order valence-electron chi connectivity index (χ4n) is 3.39. The molecule has 1 aliphatic rings. The van der Waals surface area contributed by atoms with Gasteiger partial charge in [0.25, 0.3) is 0 Å². The monoisotopic (exact) mass is 443 g/mol. The van der Waals surface area contributed by atoms with Crippen LogP contribution in [0.5, 0.6) is 0 Å². The first-order valence-electron chi connectivity index (χ1n) is 9.47. The molecule has 1 amide bonds. The van der Waals surface area contributed by atoms with Gasteiger partial charge in [-0.05, 0) is 37.1 Å². The van der Waals surface area contributed by atoms with Crippen LogP contribution in [0.3, 0.4) is 0 Å². The molecule has 0 spiro atoms. The van der Waals surface area contributed by atoms with Crippen molar-refractivity contribution in [2.75, 3.05) is 17.3 Å². The number of nitrogens with zero attached hydrogens (tertiary/aromatic N) is 4. The van der Waals surface area contributed by atoms with E-state index in [4.69, 9.17) is 0 Å². The number of para-hydroxylation sites is 1. The van der Waals surface area contributed by atoms with E-state index >= 15 is 0 Å². The summed E-state index contributed by atoms with van der Waals surface area (Å²) in [6.07, 6.45) is 3.88. The fourth-order valence-corrected chi connectivity index (χ4v) is 5.81. The Morgan fingerprint density at radius 1 is 1.23 bits per heavy atom. The smallest absolute Gasteiger partial charge is 0.230 e. The van der Waals surface area contributed by atoms with Crippen molar-refractivity contribution in [3.8, 4) is 17.1 Å². The number of pyridine rings is 1. The lowest BCUT2D eigenvalue weighted by Crippen LogP contribution is -2.36. The number of hydrogen-bond acceptors (Lipinski definition) is 7. The first-order valence-corrected chi connectivity index (χ1v) is 12.3. The zero-order valence-corrected chi connectivity index (χ0v) is 18.0. The van der Waals surface area contributed by atoms with E-state index in [1.165, 1.54) is 11.8 Å². The van der Waals surface area contributed by atoms with Crippen LogP contribution in [0.4, 0.5) is 0 Å². The van der Waals surface area contributed by atoms with Crippen molar-refractivity contribution in [2.24, 2.45) is 0 Å². The van der Waals surface area contributed by atoms with Gasteiger partial charge >= 0.3 is 0 Å².